The van der Waals surface area contributed by atoms with Gasteiger partial charge in [0.05, 0.1) is 12.1 Å². The van der Waals surface area contributed by atoms with Crippen LogP contribution in [0.4, 0.5) is 0 Å². The molecule has 5 heteroatoms. The Hall–Kier alpha value is 0.270. The minimum Gasteiger partial charge on any atom is -0.187 e. The highest BCUT2D eigenvalue weighted by Crippen LogP contribution is 2.49. The molecule has 2 aliphatic rings. The lowest BCUT2D eigenvalue weighted by molar-refractivity contribution is 0.425. The summed E-state index contributed by atoms with van der Waals surface area (Å²) in [5, 5.41) is 5.61. The van der Waals surface area contributed by atoms with Crippen molar-refractivity contribution >= 4 is 8.02 Å². The predicted octanol–water partition coefficient (Wildman–Crippen LogP) is -0.238. The Balaban J connectivity index is 2.07. The Labute approximate surface area is 60.2 Å². The largest absolute Gasteiger partial charge is 0.426 e. The molecule has 1 heterocycles. The fraction of sp³-hybridized carbons (Fsp3) is 1.00. The molecule has 4 N–H and O–H groups in total. The van der Waals surface area contributed by atoms with Gasteiger partial charge in [0.25, 0.3) is 0 Å². The van der Waals surface area contributed by atoms with E-state index in [1.165, 1.54) is 6.42 Å². The molecule has 2 fully saturated rings. The van der Waals surface area contributed by atoms with Gasteiger partial charge < -0.3 is 0 Å². The van der Waals surface area contributed by atoms with Gasteiger partial charge in [-0.25, -0.2) is 0 Å². The normalized spacial score (nSPS) is 43.8. The number of rotatable bonds is 0. The SMILES string of the molecule is O[P+]1(O)NC2CCCC2N1. The topological polar surface area (TPSA) is 64.5 Å². The average Bonchev–Trinajstić information content (AvgIpc) is 2.20. The monoisotopic (exact) mass is 163 g/mol. The molecule has 0 spiro atoms. The zero-order valence-corrected chi connectivity index (χ0v) is 6.51. The van der Waals surface area contributed by atoms with Crippen LogP contribution in [0.5, 0.6) is 0 Å². The molecule has 2 rings (SSSR count). The Morgan fingerprint density at radius 3 is 2.10 bits per heavy atom. The quantitative estimate of drug-likeness (QED) is 0.372. The van der Waals surface area contributed by atoms with Crippen LogP contribution in [0.25, 0.3) is 0 Å². The summed E-state index contributed by atoms with van der Waals surface area (Å²) >= 11 is 0. The lowest BCUT2D eigenvalue weighted by Crippen LogP contribution is -2.26. The molecule has 1 saturated carbocycles. The minimum absolute atomic E-state index is 0.309. The van der Waals surface area contributed by atoms with E-state index in [4.69, 9.17) is 9.79 Å². The van der Waals surface area contributed by atoms with E-state index >= 15 is 0 Å². The Morgan fingerprint density at radius 1 is 1.10 bits per heavy atom. The van der Waals surface area contributed by atoms with E-state index in [0.717, 1.165) is 12.8 Å². The first-order valence-corrected chi connectivity index (χ1v) is 5.27. The molecule has 2 atom stereocenters. The van der Waals surface area contributed by atoms with Gasteiger partial charge in [-0.3, -0.25) is 0 Å². The molecule has 2 unspecified atom stereocenters. The summed E-state index contributed by atoms with van der Waals surface area (Å²) in [6.45, 7) is 0. The fourth-order valence-corrected chi connectivity index (χ4v) is 3.39. The third kappa shape index (κ3) is 1.06. The predicted molar refractivity (Wildman–Crippen MR) is 39.1 cm³/mol. The Bertz CT molecular complexity index is 139. The number of fused-ring (bicyclic) bond motifs is 1. The summed E-state index contributed by atoms with van der Waals surface area (Å²) in [6, 6.07) is 0.617. The van der Waals surface area contributed by atoms with Gasteiger partial charge in [-0.05, 0) is 19.3 Å². The second kappa shape index (κ2) is 2.13. The van der Waals surface area contributed by atoms with Crippen molar-refractivity contribution in [2.24, 2.45) is 0 Å². The Kier molecular flexibility index (Phi) is 1.48. The summed E-state index contributed by atoms with van der Waals surface area (Å²) in [4.78, 5) is 18.3. The van der Waals surface area contributed by atoms with E-state index in [2.05, 4.69) is 10.2 Å². The number of hydrogen-bond acceptors (Lipinski definition) is 4. The molecule has 0 amide bonds. The van der Waals surface area contributed by atoms with Crippen LogP contribution in [0.15, 0.2) is 0 Å². The van der Waals surface area contributed by atoms with E-state index in [1.54, 1.807) is 0 Å². The summed E-state index contributed by atoms with van der Waals surface area (Å²) < 4.78 is 0. The Morgan fingerprint density at radius 2 is 1.60 bits per heavy atom. The summed E-state index contributed by atoms with van der Waals surface area (Å²) in [7, 11) is -2.87. The number of hydrogen-bond donors (Lipinski definition) is 4. The van der Waals surface area contributed by atoms with Gasteiger partial charge in [-0.15, -0.1) is 10.2 Å². The van der Waals surface area contributed by atoms with Gasteiger partial charge in [0.1, 0.15) is 0 Å². The van der Waals surface area contributed by atoms with E-state index < -0.39 is 8.02 Å². The molecule has 0 aromatic rings. The minimum atomic E-state index is -2.87. The molecular weight excluding hydrogens is 151 g/mol. The van der Waals surface area contributed by atoms with Crippen LogP contribution in [0.3, 0.4) is 0 Å². The molecule has 0 aromatic heterocycles. The fourth-order valence-electron chi connectivity index (χ4n) is 1.77. The van der Waals surface area contributed by atoms with Gasteiger partial charge in [0.2, 0.25) is 0 Å². The second-order valence-corrected chi connectivity index (χ2v) is 4.72. The van der Waals surface area contributed by atoms with E-state index in [9.17, 15) is 0 Å². The molecule has 10 heavy (non-hydrogen) atoms. The zero-order valence-electron chi connectivity index (χ0n) is 5.62. The summed E-state index contributed by atoms with van der Waals surface area (Å²) in [5.41, 5.74) is 0. The molecule has 58 valence electrons. The van der Waals surface area contributed by atoms with Crippen LogP contribution in [-0.2, 0) is 0 Å². The van der Waals surface area contributed by atoms with Crippen LogP contribution < -0.4 is 10.2 Å². The van der Waals surface area contributed by atoms with Crippen LogP contribution in [0.1, 0.15) is 19.3 Å². The smallest absolute Gasteiger partial charge is 0.187 e. The van der Waals surface area contributed by atoms with Crippen molar-refractivity contribution in [3.63, 3.8) is 0 Å². The van der Waals surface area contributed by atoms with Crippen LogP contribution in [0, 0.1) is 0 Å². The van der Waals surface area contributed by atoms with Crippen LogP contribution in [0.2, 0.25) is 0 Å². The molecule has 0 bridgehead atoms. The highest BCUT2D eigenvalue weighted by molar-refractivity contribution is 7.60. The number of nitrogens with one attached hydrogen (secondary N) is 2. The van der Waals surface area contributed by atoms with E-state index in [1.807, 2.05) is 0 Å². The highest BCUT2D eigenvalue weighted by Gasteiger charge is 2.52. The van der Waals surface area contributed by atoms with Gasteiger partial charge in [-0.1, -0.05) is 0 Å². The maximum Gasteiger partial charge on any atom is 0.426 e. The lowest BCUT2D eigenvalue weighted by atomic mass is 10.2. The molecule has 1 aliphatic heterocycles. The molecule has 1 saturated heterocycles. The van der Waals surface area contributed by atoms with E-state index in [0.29, 0.717) is 12.1 Å². The molecular formula is C5H12N2O2P+. The maximum absolute atomic E-state index is 9.14. The first-order chi connectivity index (χ1) is 4.67. The molecule has 4 nitrogen and oxygen atoms in total. The molecule has 0 aromatic carbocycles. The van der Waals surface area contributed by atoms with Crippen molar-refractivity contribution in [3.05, 3.63) is 0 Å². The van der Waals surface area contributed by atoms with Crippen molar-refractivity contribution in [3.8, 4) is 0 Å². The second-order valence-electron chi connectivity index (χ2n) is 3.00. The summed E-state index contributed by atoms with van der Waals surface area (Å²) in [5.74, 6) is 0. The highest BCUT2D eigenvalue weighted by atomic mass is 31.2. The van der Waals surface area contributed by atoms with Gasteiger partial charge in [0.15, 0.2) is 0 Å². The van der Waals surface area contributed by atoms with Crippen molar-refractivity contribution in [1.29, 1.82) is 0 Å². The van der Waals surface area contributed by atoms with E-state index in [-0.39, 0.29) is 0 Å². The lowest BCUT2D eigenvalue weighted by Gasteiger charge is -2.04. The van der Waals surface area contributed by atoms with Crippen molar-refractivity contribution < 1.29 is 9.79 Å². The van der Waals surface area contributed by atoms with Gasteiger partial charge in [0, 0.05) is 0 Å². The average molecular weight is 163 g/mol. The summed E-state index contributed by atoms with van der Waals surface area (Å²) in [6.07, 6.45) is 3.33. The van der Waals surface area contributed by atoms with Crippen molar-refractivity contribution in [1.82, 2.24) is 10.2 Å². The third-order valence-electron chi connectivity index (χ3n) is 2.21. The van der Waals surface area contributed by atoms with Crippen molar-refractivity contribution in [2.45, 2.75) is 31.3 Å². The third-order valence-corrected chi connectivity index (χ3v) is 3.59. The van der Waals surface area contributed by atoms with Crippen LogP contribution >= 0.6 is 8.02 Å². The standard InChI is InChI=1S/C5H12N2O2P/c8-10(9)6-4-2-1-3-5(4)7-10/h4-9H,1-3H2/q+1. The maximum atomic E-state index is 9.14. The van der Waals surface area contributed by atoms with Crippen LogP contribution in [-0.4, -0.2) is 21.9 Å². The first-order valence-electron chi connectivity index (χ1n) is 3.57. The zero-order chi connectivity index (χ0) is 7.19. The van der Waals surface area contributed by atoms with Crippen molar-refractivity contribution in [2.75, 3.05) is 0 Å². The van der Waals surface area contributed by atoms with Gasteiger partial charge >= 0.3 is 8.02 Å². The first kappa shape index (κ1) is 6.95. The molecule has 0 radical (unpaired) electrons. The van der Waals surface area contributed by atoms with Gasteiger partial charge in [-0.2, -0.15) is 9.79 Å². The molecule has 1 aliphatic carbocycles.